The average Bonchev–Trinajstić information content (AvgIpc) is 2.16. The minimum atomic E-state index is -0.284. The SMILES string of the molecule is CSc1ccc2c(C)cc(=O)oc2c1. The Balaban J connectivity index is 2.82. The quantitative estimate of drug-likeness (QED) is 0.531. The molecule has 0 aliphatic rings. The van der Waals surface area contributed by atoms with Crippen molar-refractivity contribution in [1.82, 2.24) is 0 Å². The summed E-state index contributed by atoms with van der Waals surface area (Å²) in [6.45, 7) is 1.91. The van der Waals surface area contributed by atoms with Crippen molar-refractivity contribution >= 4 is 22.7 Å². The molecule has 0 atom stereocenters. The lowest BCUT2D eigenvalue weighted by Crippen LogP contribution is -1.97. The molecule has 2 nitrogen and oxygen atoms in total. The highest BCUT2D eigenvalue weighted by Crippen LogP contribution is 2.22. The zero-order valence-electron chi connectivity index (χ0n) is 8.03. The zero-order chi connectivity index (χ0) is 10.1. The molecule has 1 heterocycles. The van der Waals surface area contributed by atoms with Crippen LogP contribution in [0.25, 0.3) is 11.0 Å². The van der Waals surface area contributed by atoms with Gasteiger partial charge in [0, 0.05) is 16.3 Å². The topological polar surface area (TPSA) is 30.2 Å². The Labute approximate surface area is 85.9 Å². The van der Waals surface area contributed by atoms with E-state index in [1.807, 2.05) is 31.4 Å². The summed E-state index contributed by atoms with van der Waals surface area (Å²) in [5.74, 6) is 0. The molecule has 1 aromatic heterocycles. The minimum absolute atomic E-state index is 0.284. The van der Waals surface area contributed by atoms with Crippen molar-refractivity contribution in [3.8, 4) is 0 Å². The Bertz CT molecular complexity index is 528. The van der Waals surface area contributed by atoms with Crippen LogP contribution in [0.4, 0.5) is 0 Å². The highest BCUT2D eigenvalue weighted by Gasteiger charge is 2.02. The summed E-state index contributed by atoms with van der Waals surface area (Å²) in [4.78, 5) is 12.2. The Hall–Kier alpha value is -1.22. The molecule has 0 aliphatic heterocycles. The minimum Gasteiger partial charge on any atom is -0.423 e. The zero-order valence-corrected chi connectivity index (χ0v) is 8.85. The van der Waals surface area contributed by atoms with Gasteiger partial charge in [0.15, 0.2) is 0 Å². The van der Waals surface area contributed by atoms with Crippen LogP contribution >= 0.6 is 11.8 Å². The fraction of sp³-hybridized carbons (Fsp3) is 0.182. The molecule has 0 unspecified atom stereocenters. The van der Waals surface area contributed by atoms with Gasteiger partial charge in [-0.05, 0) is 36.9 Å². The number of aryl methyl sites for hydroxylation is 1. The number of thioether (sulfide) groups is 1. The van der Waals surface area contributed by atoms with Crippen molar-refractivity contribution in [2.45, 2.75) is 11.8 Å². The van der Waals surface area contributed by atoms with Crippen LogP contribution in [-0.4, -0.2) is 6.26 Å². The second kappa shape index (κ2) is 3.50. The van der Waals surface area contributed by atoms with E-state index < -0.39 is 0 Å². The second-order valence-electron chi connectivity index (χ2n) is 3.11. The standard InChI is InChI=1S/C11H10O2S/c1-7-5-11(12)13-10-6-8(14-2)3-4-9(7)10/h3-6H,1-2H3. The fourth-order valence-electron chi connectivity index (χ4n) is 1.43. The van der Waals surface area contributed by atoms with Crippen LogP contribution in [-0.2, 0) is 0 Å². The van der Waals surface area contributed by atoms with Crippen LogP contribution in [0.3, 0.4) is 0 Å². The molecule has 0 spiro atoms. The first kappa shape index (κ1) is 9.34. The third-order valence-corrected chi connectivity index (χ3v) is 2.88. The number of hydrogen-bond acceptors (Lipinski definition) is 3. The van der Waals surface area contributed by atoms with Crippen LogP contribution in [0.2, 0.25) is 0 Å². The maximum absolute atomic E-state index is 11.1. The van der Waals surface area contributed by atoms with Gasteiger partial charge < -0.3 is 4.42 Å². The molecule has 1 aromatic carbocycles. The molecule has 2 rings (SSSR count). The lowest BCUT2D eigenvalue weighted by Gasteiger charge is -2.01. The summed E-state index contributed by atoms with van der Waals surface area (Å²) in [7, 11) is 0. The van der Waals surface area contributed by atoms with E-state index in [1.54, 1.807) is 11.8 Å². The van der Waals surface area contributed by atoms with Gasteiger partial charge in [0.1, 0.15) is 5.58 Å². The van der Waals surface area contributed by atoms with Crippen molar-refractivity contribution in [1.29, 1.82) is 0 Å². The van der Waals surface area contributed by atoms with Gasteiger partial charge in [-0.25, -0.2) is 4.79 Å². The molecule has 0 N–H and O–H groups in total. The van der Waals surface area contributed by atoms with E-state index in [9.17, 15) is 4.79 Å². The smallest absolute Gasteiger partial charge is 0.336 e. The van der Waals surface area contributed by atoms with Gasteiger partial charge in [-0.2, -0.15) is 0 Å². The Kier molecular flexibility index (Phi) is 2.33. The third kappa shape index (κ3) is 1.55. The molecule has 0 fully saturated rings. The number of fused-ring (bicyclic) bond motifs is 1. The molecule has 0 aliphatic carbocycles. The van der Waals surface area contributed by atoms with Gasteiger partial charge in [-0.3, -0.25) is 0 Å². The molecular formula is C11H10O2S. The molecule has 72 valence electrons. The maximum atomic E-state index is 11.1. The predicted octanol–water partition coefficient (Wildman–Crippen LogP) is 2.82. The Morgan fingerprint density at radius 2 is 2.07 bits per heavy atom. The Morgan fingerprint density at radius 3 is 2.79 bits per heavy atom. The van der Waals surface area contributed by atoms with E-state index in [4.69, 9.17) is 4.42 Å². The third-order valence-electron chi connectivity index (χ3n) is 2.16. The van der Waals surface area contributed by atoms with Crippen molar-refractivity contribution in [2.24, 2.45) is 0 Å². The van der Waals surface area contributed by atoms with Gasteiger partial charge in [0.05, 0.1) is 0 Å². The van der Waals surface area contributed by atoms with E-state index in [2.05, 4.69) is 0 Å². The summed E-state index contributed by atoms with van der Waals surface area (Å²) in [6.07, 6.45) is 2.00. The lowest BCUT2D eigenvalue weighted by atomic mass is 10.1. The van der Waals surface area contributed by atoms with Gasteiger partial charge in [-0.15, -0.1) is 11.8 Å². The Morgan fingerprint density at radius 1 is 1.29 bits per heavy atom. The van der Waals surface area contributed by atoms with Crippen molar-refractivity contribution in [3.63, 3.8) is 0 Å². The molecular weight excluding hydrogens is 196 g/mol. The monoisotopic (exact) mass is 206 g/mol. The molecule has 0 amide bonds. The summed E-state index contributed by atoms with van der Waals surface area (Å²) in [6, 6.07) is 7.43. The molecule has 3 heteroatoms. The molecule has 0 saturated heterocycles. The van der Waals surface area contributed by atoms with Gasteiger partial charge in [0.2, 0.25) is 0 Å². The van der Waals surface area contributed by atoms with Crippen LogP contribution in [0, 0.1) is 6.92 Å². The van der Waals surface area contributed by atoms with Crippen LogP contribution in [0.5, 0.6) is 0 Å². The maximum Gasteiger partial charge on any atom is 0.336 e. The predicted molar refractivity (Wildman–Crippen MR) is 59.0 cm³/mol. The molecule has 0 bridgehead atoms. The first-order valence-electron chi connectivity index (χ1n) is 4.29. The number of benzene rings is 1. The summed E-state index contributed by atoms with van der Waals surface area (Å²) in [5.41, 5.74) is 1.35. The van der Waals surface area contributed by atoms with E-state index in [-0.39, 0.29) is 5.63 Å². The van der Waals surface area contributed by atoms with E-state index in [0.29, 0.717) is 5.58 Å². The van der Waals surface area contributed by atoms with Gasteiger partial charge >= 0.3 is 5.63 Å². The summed E-state index contributed by atoms with van der Waals surface area (Å²) >= 11 is 1.63. The largest absolute Gasteiger partial charge is 0.423 e. The lowest BCUT2D eigenvalue weighted by molar-refractivity contribution is 0.559. The molecule has 14 heavy (non-hydrogen) atoms. The summed E-state index contributed by atoms with van der Waals surface area (Å²) in [5, 5.41) is 1.00. The first-order chi connectivity index (χ1) is 6.70. The van der Waals surface area contributed by atoms with Gasteiger partial charge in [-0.1, -0.05) is 0 Å². The normalized spacial score (nSPS) is 10.7. The molecule has 2 aromatic rings. The van der Waals surface area contributed by atoms with E-state index >= 15 is 0 Å². The van der Waals surface area contributed by atoms with Crippen molar-refractivity contribution in [2.75, 3.05) is 6.26 Å². The fourth-order valence-corrected chi connectivity index (χ4v) is 1.86. The first-order valence-corrected chi connectivity index (χ1v) is 5.51. The van der Waals surface area contributed by atoms with E-state index in [0.717, 1.165) is 15.8 Å². The van der Waals surface area contributed by atoms with Crippen LogP contribution < -0.4 is 5.63 Å². The number of hydrogen-bond donors (Lipinski definition) is 0. The summed E-state index contributed by atoms with van der Waals surface area (Å²) < 4.78 is 5.12. The second-order valence-corrected chi connectivity index (χ2v) is 3.99. The van der Waals surface area contributed by atoms with Crippen LogP contribution in [0.1, 0.15) is 5.56 Å². The molecule has 0 radical (unpaired) electrons. The number of rotatable bonds is 1. The van der Waals surface area contributed by atoms with Crippen molar-refractivity contribution < 1.29 is 4.42 Å². The highest BCUT2D eigenvalue weighted by atomic mass is 32.2. The van der Waals surface area contributed by atoms with Gasteiger partial charge in [0.25, 0.3) is 0 Å². The van der Waals surface area contributed by atoms with E-state index in [1.165, 1.54) is 6.07 Å². The van der Waals surface area contributed by atoms with Crippen molar-refractivity contribution in [3.05, 3.63) is 40.2 Å². The average molecular weight is 206 g/mol. The van der Waals surface area contributed by atoms with Crippen LogP contribution in [0.15, 0.2) is 38.4 Å². The molecule has 0 saturated carbocycles. The highest BCUT2D eigenvalue weighted by molar-refractivity contribution is 7.98.